The highest BCUT2D eigenvalue weighted by Gasteiger charge is 2.73. The number of carbonyl (C=O) groups is 1. The van der Waals surface area contributed by atoms with Crippen LogP contribution in [0.4, 0.5) is 30.7 Å². The largest absolute Gasteiger partial charge is 0.435 e. The number of aliphatic hydroxyl groups is 1. The van der Waals surface area contributed by atoms with Crippen molar-refractivity contribution in [3.05, 3.63) is 34.9 Å². The Bertz CT molecular complexity index is 820. The van der Waals surface area contributed by atoms with Gasteiger partial charge in [-0.1, -0.05) is 18.2 Å². The second kappa shape index (κ2) is 7.94. The number of halogens is 7. The van der Waals surface area contributed by atoms with Crippen LogP contribution in [-0.4, -0.2) is 35.5 Å². The molecule has 31 heavy (non-hydrogen) atoms. The lowest BCUT2D eigenvalue weighted by atomic mass is 9.72. The highest BCUT2D eigenvalue weighted by atomic mass is 19.4. The lowest BCUT2D eigenvalue weighted by Crippen LogP contribution is -2.50. The van der Waals surface area contributed by atoms with Crippen molar-refractivity contribution in [2.75, 3.05) is 0 Å². The molecule has 174 valence electrons. The number of hydrogen-bond acceptors (Lipinski definition) is 2. The maximum atomic E-state index is 14.4. The van der Waals surface area contributed by atoms with Gasteiger partial charge in [0.15, 0.2) is 0 Å². The Kier molecular flexibility index (Phi) is 6.10. The monoisotopic (exact) mass is 455 g/mol. The third-order valence-electron chi connectivity index (χ3n) is 6.74. The summed E-state index contributed by atoms with van der Waals surface area (Å²) < 4.78 is 92.9. The highest BCUT2D eigenvalue weighted by molar-refractivity contribution is 5.80. The molecular weight excluding hydrogens is 431 g/mol. The summed E-state index contributed by atoms with van der Waals surface area (Å²) in [5.41, 5.74) is -5.93. The number of aryl methyl sites for hydroxylation is 1. The fourth-order valence-corrected chi connectivity index (χ4v) is 5.18. The van der Waals surface area contributed by atoms with Crippen molar-refractivity contribution >= 4 is 5.91 Å². The molecule has 2 aliphatic carbocycles. The Morgan fingerprint density at radius 1 is 1.03 bits per heavy atom. The van der Waals surface area contributed by atoms with E-state index in [-0.39, 0.29) is 30.2 Å². The molecule has 2 N–H and O–H groups in total. The van der Waals surface area contributed by atoms with E-state index in [1.54, 1.807) is 0 Å². The van der Waals surface area contributed by atoms with Crippen molar-refractivity contribution in [1.82, 2.24) is 5.32 Å². The van der Waals surface area contributed by atoms with Gasteiger partial charge in [-0.15, -0.1) is 0 Å². The fraction of sp³-hybridized carbons (Fsp3) is 0.667. The van der Waals surface area contributed by atoms with E-state index in [2.05, 4.69) is 5.32 Å². The van der Waals surface area contributed by atoms with Gasteiger partial charge in [0, 0.05) is 11.6 Å². The second-order valence-electron chi connectivity index (χ2n) is 8.59. The molecule has 10 heteroatoms. The first-order valence-electron chi connectivity index (χ1n) is 10.1. The number of nitrogens with one attached hydrogen (secondary N) is 1. The summed E-state index contributed by atoms with van der Waals surface area (Å²) >= 11 is 0. The van der Waals surface area contributed by atoms with Crippen LogP contribution in [-0.2, 0) is 16.9 Å². The van der Waals surface area contributed by atoms with E-state index in [9.17, 15) is 40.6 Å². The summed E-state index contributed by atoms with van der Waals surface area (Å²) in [4.78, 5) is 11.8. The molecule has 0 radical (unpaired) electrons. The molecule has 0 aromatic heterocycles. The molecule has 1 aromatic carbocycles. The average Bonchev–Trinajstić information content (AvgIpc) is 3.09. The number of aliphatic hydroxyl groups excluding tert-OH is 1. The second-order valence-corrected chi connectivity index (χ2v) is 8.59. The summed E-state index contributed by atoms with van der Waals surface area (Å²) in [5, 5.41) is 12.1. The van der Waals surface area contributed by atoms with Crippen molar-refractivity contribution in [2.45, 2.75) is 75.6 Å². The van der Waals surface area contributed by atoms with Crippen molar-refractivity contribution in [3.63, 3.8) is 0 Å². The molecule has 1 saturated carbocycles. The Morgan fingerprint density at radius 3 is 2.19 bits per heavy atom. The van der Waals surface area contributed by atoms with Gasteiger partial charge < -0.3 is 10.4 Å². The van der Waals surface area contributed by atoms with Gasteiger partial charge in [-0.25, -0.2) is 4.39 Å². The van der Waals surface area contributed by atoms with E-state index < -0.39 is 35.6 Å². The smallest absolute Gasteiger partial charge is 0.384 e. The summed E-state index contributed by atoms with van der Waals surface area (Å²) in [5.74, 6) is -0.441. The number of fused-ring (bicyclic) bond motifs is 3. The molecule has 0 saturated heterocycles. The molecule has 0 bridgehead atoms. The van der Waals surface area contributed by atoms with Gasteiger partial charge in [0.2, 0.25) is 5.91 Å². The zero-order valence-electron chi connectivity index (χ0n) is 16.9. The van der Waals surface area contributed by atoms with E-state index in [0.29, 0.717) is 36.1 Å². The normalized spacial score (nSPS) is 26.1. The first-order valence-corrected chi connectivity index (χ1v) is 10.1. The Hall–Kier alpha value is -1.84. The molecule has 5 atom stereocenters. The molecule has 3 rings (SSSR count). The fourth-order valence-electron chi connectivity index (χ4n) is 5.18. The van der Waals surface area contributed by atoms with Gasteiger partial charge in [0.05, 0.1) is 0 Å². The van der Waals surface area contributed by atoms with E-state index >= 15 is 0 Å². The summed E-state index contributed by atoms with van der Waals surface area (Å²) in [6.07, 6.45) is -11.3. The number of rotatable bonds is 4. The van der Waals surface area contributed by atoms with Gasteiger partial charge in [-0.05, 0) is 68.4 Å². The Labute approximate surface area is 175 Å². The van der Waals surface area contributed by atoms with Gasteiger partial charge >= 0.3 is 18.0 Å². The molecule has 1 fully saturated rings. The van der Waals surface area contributed by atoms with Gasteiger partial charge in [-0.2, -0.15) is 26.3 Å². The summed E-state index contributed by atoms with van der Waals surface area (Å²) in [6.45, 7) is 3.16. The standard InChI is InChI=1S/C21H24F7NO2/c1-10(29-18(31)11(2)30)14-7-8-17-15-6-4-13(9-12(15)3-5-16(14)17)19(22,20(23,24)25)21(26,27)28/h4,6,9-11,14,16-17,30H,3,5,7-8H2,1-2H3,(H,29,31)/t10?,11?,14-,16?,17?/m0/s1. The SMILES string of the molecule is CC(O)C(=O)NC(C)[C@@H]1CCC2c3ccc(C(F)(C(F)(F)F)C(F)(F)F)cc3CCC21. The minimum Gasteiger partial charge on any atom is -0.384 e. The van der Waals surface area contributed by atoms with Crippen LogP contribution >= 0.6 is 0 Å². The number of amides is 1. The van der Waals surface area contributed by atoms with Crippen LogP contribution in [0, 0.1) is 11.8 Å². The highest BCUT2D eigenvalue weighted by Crippen LogP contribution is 2.55. The van der Waals surface area contributed by atoms with E-state index in [4.69, 9.17) is 0 Å². The van der Waals surface area contributed by atoms with Crippen molar-refractivity contribution in [2.24, 2.45) is 11.8 Å². The Balaban J connectivity index is 1.88. The van der Waals surface area contributed by atoms with Crippen molar-refractivity contribution in [3.8, 4) is 0 Å². The Morgan fingerprint density at radius 2 is 1.65 bits per heavy atom. The summed E-state index contributed by atoms with van der Waals surface area (Å²) in [7, 11) is 0. The zero-order valence-corrected chi connectivity index (χ0v) is 16.9. The van der Waals surface area contributed by atoms with E-state index in [0.717, 1.165) is 6.42 Å². The van der Waals surface area contributed by atoms with Crippen LogP contribution in [0.2, 0.25) is 0 Å². The predicted octanol–water partition coefficient (Wildman–Crippen LogP) is 4.92. The molecule has 3 nitrogen and oxygen atoms in total. The molecule has 4 unspecified atom stereocenters. The third-order valence-corrected chi connectivity index (χ3v) is 6.74. The predicted molar refractivity (Wildman–Crippen MR) is 97.9 cm³/mol. The number of hydrogen-bond donors (Lipinski definition) is 2. The zero-order chi connectivity index (χ0) is 23.4. The van der Waals surface area contributed by atoms with E-state index in [1.807, 2.05) is 6.92 Å². The van der Waals surface area contributed by atoms with Crippen LogP contribution in [0.15, 0.2) is 18.2 Å². The van der Waals surface area contributed by atoms with E-state index in [1.165, 1.54) is 13.0 Å². The topological polar surface area (TPSA) is 49.3 Å². The minimum atomic E-state index is -6.13. The van der Waals surface area contributed by atoms with Crippen molar-refractivity contribution < 1.29 is 40.6 Å². The first-order chi connectivity index (χ1) is 14.2. The van der Waals surface area contributed by atoms with Crippen molar-refractivity contribution in [1.29, 1.82) is 0 Å². The van der Waals surface area contributed by atoms with Crippen LogP contribution in [0.25, 0.3) is 0 Å². The minimum absolute atomic E-state index is 0.0612. The van der Waals surface area contributed by atoms with Crippen LogP contribution in [0.3, 0.4) is 0 Å². The van der Waals surface area contributed by atoms with Crippen LogP contribution < -0.4 is 5.32 Å². The molecule has 1 aromatic rings. The lowest BCUT2D eigenvalue weighted by Gasteiger charge is -2.36. The maximum Gasteiger partial charge on any atom is 0.435 e. The molecule has 0 heterocycles. The number of carbonyl (C=O) groups excluding carboxylic acids is 1. The van der Waals surface area contributed by atoms with Crippen LogP contribution in [0.5, 0.6) is 0 Å². The van der Waals surface area contributed by atoms with Gasteiger partial charge in [0.1, 0.15) is 6.10 Å². The summed E-state index contributed by atoms with van der Waals surface area (Å²) in [6, 6.07) is 2.24. The molecule has 2 aliphatic rings. The molecule has 0 spiro atoms. The van der Waals surface area contributed by atoms with Gasteiger partial charge in [-0.3, -0.25) is 4.79 Å². The lowest BCUT2D eigenvalue weighted by molar-refractivity contribution is -0.348. The number of benzene rings is 1. The number of alkyl halides is 7. The molecule has 1 amide bonds. The maximum absolute atomic E-state index is 14.4. The molecule has 0 aliphatic heterocycles. The quantitative estimate of drug-likeness (QED) is 0.634. The first kappa shape index (κ1) is 23.8. The van der Waals surface area contributed by atoms with Crippen LogP contribution in [0.1, 0.15) is 55.7 Å². The van der Waals surface area contributed by atoms with Gasteiger partial charge in [0.25, 0.3) is 0 Å². The average molecular weight is 455 g/mol. The molecular formula is C21H24F7NO2. The third kappa shape index (κ3) is 4.03.